The first-order valence-electron chi connectivity index (χ1n) is 13.5. The average Bonchev–Trinajstić information content (AvgIpc) is 2.98. The number of carbonyl (C=O) groups excluding carboxylic acids is 4. The number of hydrogen-bond donors (Lipinski definition) is 0. The van der Waals surface area contributed by atoms with E-state index in [4.69, 9.17) is 18.9 Å². The summed E-state index contributed by atoms with van der Waals surface area (Å²) in [5.74, 6) is -0.134. The van der Waals surface area contributed by atoms with Gasteiger partial charge in [-0.1, -0.05) is 36.9 Å². The second-order valence-electron chi connectivity index (χ2n) is 9.47. The van der Waals surface area contributed by atoms with Crippen molar-refractivity contribution in [3.8, 4) is 11.5 Å². The van der Waals surface area contributed by atoms with E-state index in [0.29, 0.717) is 24.7 Å². The van der Waals surface area contributed by atoms with Gasteiger partial charge in [0.1, 0.15) is 24.7 Å². The van der Waals surface area contributed by atoms with Crippen LogP contribution in [-0.4, -0.2) is 50.3 Å². The molecule has 40 heavy (non-hydrogen) atoms. The molecule has 2 aromatic rings. The van der Waals surface area contributed by atoms with Gasteiger partial charge in [0.25, 0.3) is 0 Å². The van der Waals surface area contributed by atoms with Crippen LogP contribution in [0.3, 0.4) is 0 Å². The highest BCUT2D eigenvalue weighted by atomic mass is 16.6. The van der Waals surface area contributed by atoms with Gasteiger partial charge >= 0.3 is 23.9 Å². The van der Waals surface area contributed by atoms with Gasteiger partial charge in [-0.2, -0.15) is 0 Å². The molecule has 0 amide bonds. The van der Waals surface area contributed by atoms with Crippen molar-refractivity contribution < 1.29 is 42.9 Å². The van der Waals surface area contributed by atoms with Crippen molar-refractivity contribution in [3.05, 3.63) is 72.8 Å². The third-order valence-corrected chi connectivity index (χ3v) is 6.50. The fraction of sp³-hybridized carbons (Fsp3) is 0.419. The van der Waals surface area contributed by atoms with Gasteiger partial charge in [0.05, 0.1) is 32.0 Å². The summed E-state index contributed by atoms with van der Waals surface area (Å²) in [5.41, 5.74) is 0.992. The molecule has 1 saturated carbocycles. The number of hydrogen-bond acceptors (Lipinski definition) is 9. The Morgan fingerprint density at radius 1 is 0.750 bits per heavy atom. The maximum absolute atomic E-state index is 12.4. The predicted octanol–water partition coefficient (Wildman–Crippen LogP) is 4.62. The molecular weight excluding hydrogens is 516 g/mol. The minimum Gasteiger partial charge on any atom is -0.493 e. The monoisotopic (exact) mass is 552 g/mol. The van der Waals surface area contributed by atoms with E-state index in [1.165, 1.54) is 0 Å². The van der Waals surface area contributed by atoms with Crippen LogP contribution in [0.4, 0.5) is 0 Å². The number of benzene rings is 2. The Bertz CT molecular complexity index is 1100. The molecule has 2 aromatic carbocycles. The highest BCUT2D eigenvalue weighted by Crippen LogP contribution is 2.30. The van der Waals surface area contributed by atoms with Gasteiger partial charge in [-0.15, -0.1) is 0 Å². The van der Waals surface area contributed by atoms with Gasteiger partial charge in [-0.3, -0.25) is 14.4 Å². The van der Waals surface area contributed by atoms with E-state index in [9.17, 15) is 19.2 Å². The number of carbonyl (C=O) groups is 4. The minimum absolute atomic E-state index is 0.0700. The lowest BCUT2D eigenvalue weighted by molar-refractivity contribution is -0.152. The maximum atomic E-state index is 12.4. The molecule has 0 atom stereocenters. The van der Waals surface area contributed by atoms with Crippen LogP contribution in [0, 0.1) is 11.8 Å². The highest BCUT2D eigenvalue weighted by Gasteiger charge is 2.28. The topological polar surface area (TPSA) is 114 Å². The molecule has 9 nitrogen and oxygen atoms in total. The molecule has 0 aliphatic heterocycles. The lowest BCUT2D eigenvalue weighted by Gasteiger charge is -2.27. The van der Waals surface area contributed by atoms with Gasteiger partial charge < -0.3 is 23.7 Å². The van der Waals surface area contributed by atoms with Gasteiger partial charge in [-0.05, 0) is 61.4 Å². The summed E-state index contributed by atoms with van der Waals surface area (Å²) in [6.45, 7) is 3.90. The Balaban J connectivity index is 1.24. The number of ether oxygens (including phenoxy) is 5. The summed E-state index contributed by atoms with van der Waals surface area (Å²) in [6.07, 6.45) is 4.78. The Labute approximate surface area is 234 Å². The van der Waals surface area contributed by atoms with Crippen molar-refractivity contribution >= 4 is 23.9 Å². The summed E-state index contributed by atoms with van der Waals surface area (Å²) < 4.78 is 26.2. The summed E-state index contributed by atoms with van der Waals surface area (Å²) in [4.78, 5) is 46.8. The van der Waals surface area contributed by atoms with Crippen LogP contribution < -0.4 is 9.47 Å². The van der Waals surface area contributed by atoms with Crippen LogP contribution in [0.1, 0.15) is 44.1 Å². The first kappa shape index (κ1) is 30.4. The van der Waals surface area contributed by atoms with Crippen molar-refractivity contribution in [3.63, 3.8) is 0 Å². The minimum atomic E-state index is -0.597. The molecule has 0 radical (unpaired) electrons. The lowest BCUT2D eigenvalue weighted by atomic mass is 9.82. The fourth-order valence-electron chi connectivity index (χ4n) is 4.21. The zero-order valence-electron chi connectivity index (χ0n) is 22.6. The summed E-state index contributed by atoms with van der Waals surface area (Å²) in [7, 11) is 0. The Hall–Kier alpha value is -4.14. The van der Waals surface area contributed by atoms with Crippen LogP contribution in [-0.2, 0) is 39.8 Å². The smallest absolute Gasteiger partial charge is 0.330 e. The molecule has 0 saturated heterocycles. The van der Waals surface area contributed by atoms with Crippen LogP contribution in [0.15, 0.2) is 67.3 Å². The van der Waals surface area contributed by atoms with E-state index >= 15 is 0 Å². The van der Waals surface area contributed by atoms with E-state index < -0.39 is 17.9 Å². The second kappa shape index (κ2) is 16.7. The zero-order chi connectivity index (χ0) is 28.6. The van der Waals surface area contributed by atoms with E-state index in [1.54, 1.807) is 12.1 Å². The van der Waals surface area contributed by atoms with Crippen molar-refractivity contribution in [2.24, 2.45) is 11.8 Å². The fourth-order valence-corrected chi connectivity index (χ4v) is 4.21. The third kappa shape index (κ3) is 11.3. The first-order valence-corrected chi connectivity index (χ1v) is 13.5. The summed E-state index contributed by atoms with van der Waals surface area (Å²) in [6, 6.07) is 16.8. The average molecular weight is 553 g/mol. The molecule has 1 fully saturated rings. The molecule has 0 spiro atoms. The van der Waals surface area contributed by atoms with Gasteiger partial charge in [0.15, 0.2) is 0 Å². The molecule has 9 heteroatoms. The van der Waals surface area contributed by atoms with E-state index in [-0.39, 0.29) is 44.5 Å². The van der Waals surface area contributed by atoms with Crippen molar-refractivity contribution in [2.75, 3.05) is 26.4 Å². The quantitative estimate of drug-likeness (QED) is 0.103. The normalized spacial score (nSPS) is 16.3. The Kier molecular flexibility index (Phi) is 12.7. The SMILES string of the molecule is C=CC(=O)OCCOC(=O)CCC(=O)OCCc1ccc(OCC2CCC(C(=O)Oc3ccccc3)CC2)cc1. The zero-order valence-corrected chi connectivity index (χ0v) is 22.6. The van der Waals surface area contributed by atoms with Gasteiger partial charge in [0, 0.05) is 12.5 Å². The van der Waals surface area contributed by atoms with E-state index in [2.05, 4.69) is 11.3 Å². The van der Waals surface area contributed by atoms with Crippen LogP contribution in [0.25, 0.3) is 0 Å². The molecule has 214 valence electrons. The van der Waals surface area contributed by atoms with E-state index in [1.807, 2.05) is 42.5 Å². The number of rotatable bonds is 15. The number of para-hydroxylation sites is 1. The Morgan fingerprint density at radius 2 is 1.38 bits per heavy atom. The Morgan fingerprint density at radius 3 is 2.02 bits per heavy atom. The van der Waals surface area contributed by atoms with Crippen molar-refractivity contribution in [1.29, 1.82) is 0 Å². The van der Waals surface area contributed by atoms with Crippen LogP contribution in [0.2, 0.25) is 0 Å². The molecule has 0 unspecified atom stereocenters. The summed E-state index contributed by atoms with van der Waals surface area (Å²) in [5, 5.41) is 0. The van der Waals surface area contributed by atoms with Crippen molar-refractivity contribution in [1.82, 2.24) is 0 Å². The molecule has 0 bridgehead atoms. The molecular formula is C31H36O9. The summed E-state index contributed by atoms with van der Waals surface area (Å²) >= 11 is 0. The lowest BCUT2D eigenvalue weighted by Crippen LogP contribution is -2.27. The van der Waals surface area contributed by atoms with Gasteiger partial charge in [-0.25, -0.2) is 4.79 Å². The molecule has 1 aliphatic carbocycles. The molecule has 3 rings (SSSR count). The highest BCUT2D eigenvalue weighted by molar-refractivity contribution is 5.81. The standard InChI is InChI=1S/C31H36O9/c1-2-28(32)37-20-21-38-30(34)17-16-29(33)36-19-18-23-10-14-26(15-11-23)39-22-24-8-12-25(13-9-24)31(35)40-27-6-4-3-5-7-27/h2-7,10-11,14-15,24-25H,1,8-9,12-13,16-22H2. The molecule has 0 heterocycles. The third-order valence-electron chi connectivity index (χ3n) is 6.50. The largest absolute Gasteiger partial charge is 0.493 e. The predicted molar refractivity (Wildman–Crippen MR) is 145 cm³/mol. The number of esters is 4. The van der Waals surface area contributed by atoms with Crippen molar-refractivity contribution in [2.45, 2.75) is 44.9 Å². The van der Waals surface area contributed by atoms with E-state index in [0.717, 1.165) is 43.1 Å². The van der Waals surface area contributed by atoms with Crippen LogP contribution in [0.5, 0.6) is 11.5 Å². The van der Waals surface area contributed by atoms with Crippen LogP contribution >= 0.6 is 0 Å². The van der Waals surface area contributed by atoms with Gasteiger partial charge in [0.2, 0.25) is 0 Å². The molecule has 0 N–H and O–H groups in total. The second-order valence-corrected chi connectivity index (χ2v) is 9.47. The molecule has 0 aromatic heterocycles. The molecule has 1 aliphatic rings. The first-order chi connectivity index (χ1) is 19.4. The maximum Gasteiger partial charge on any atom is 0.330 e.